The Labute approximate surface area is 124 Å². The van der Waals surface area contributed by atoms with Crippen LogP contribution in [-0.2, 0) is 9.53 Å². The minimum Gasteiger partial charge on any atom is -0.390 e. The molecular formula is C11H13ClN6O3. The molecule has 0 saturated carbocycles. The average Bonchev–Trinajstić information content (AvgIpc) is 3.01. The second kappa shape index (κ2) is 5.10. The Morgan fingerprint density at radius 1 is 1.62 bits per heavy atom. The molecule has 1 amide bonds. The number of hydrogen-bond acceptors (Lipinski definition) is 7. The first-order valence-corrected chi connectivity index (χ1v) is 6.59. The molecule has 1 fully saturated rings. The quantitative estimate of drug-likeness (QED) is 0.635. The highest BCUT2D eigenvalue weighted by molar-refractivity contribution is 6.28. The van der Waals surface area contributed by atoms with Crippen LogP contribution in [0.2, 0.25) is 5.28 Å². The van der Waals surface area contributed by atoms with E-state index < -0.39 is 18.4 Å². The van der Waals surface area contributed by atoms with Crippen molar-refractivity contribution in [2.24, 2.45) is 0 Å². The highest BCUT2D eigenvalue weighted by Crippen LogP contribution is 2.31. The van der Waals surface area contributed by atoms with E-state index in [2.05, 4.69) is 20.3 Å². The van der Waals surface area contributed by atoms with Crippen molar-refractivity contribution in [3.63, 3.8) is 0 Å². The number of hydrogen-bond donors (Lipinski definition) is 3. The third-order valence-electron chi connectivity index (χ3n) is 3.33. The van der Waals surface area contributed by atoms with Gasteiger partial charge < -0.3 is 20.9 Å². The van der Waals surface area contributed by atoms with Gasteiger partial charge in [0.25, 0.3) is 5.91 Å². The first-order chi connectivity index (χ1) is 10.0. The number of aliphatic hydroxyl groups is 1. The zero-order chi connectivity index (χ0) is 15.1. The Morgan fingerprint density at radius 2 is 2.38 bits per heavy atom. The predicted molar refractivity (Wildman–Crippen MR) is 73.3 cm³/mol. The molecule has 1 aliphatic heterocycles. The number of aromatic nitrogens is 4. The van der Waals surface area contributed by atoms with Crippen molar-refractivity contribution in [3.8, 4) is 0 Å². The highest BCUT2D eigenvalue weighted by atomic mass is 35.5. The second-order valence-electron chi connectivity index (χ2n) is 4.63. The lowest BCUT2D eigenvalue weighted by atomic mass is 10.1. The van der Waals surface area contributed by atoms with Crippen LogP contribution in [0.4, 0.5) is 5.82 Å². The van der Waals surface area contributed by atoms with E-state index in [0.29, 0.717) is 11.2 Å². The van der Waals surface area contributed by atoms with E-state index in [1.165, 1.54) is 13.4 Å². The molecule has 0 aromatic carbocycles. The third-order valence-corrected chi connectivity index (χ3v) is 3.50. The minimum atomic E-state index is -0.938. The van der Waals surface area contributed by atoms with Gasteiger partial charge in [0.15, 0.2) is 17.6 Å². The molecule has 2 aromatic rings. The van der Waals surface area contributed by atoms with Crippen molar-refractivity contribution in [2.45, 2.75) is 24.9 Å². The lowest BCUT2D eigenvalue weighted by Crippen LogP contribution is -2.38. The number of halogens is 1. The zero-order valence-electron chi connectivity index (χ0n) is 11.0. The summed E-state index contributed by atoms with van der Waals surface area (Å²) in [6.07, 6.45) is -0.743. The van der Waals surface area contributed by atoms with Crippen LogP contribution in [0.15, 0.2) is 6.33 Å². The fourth-order valence-corrected chi connectivity index (χ4v) is 2.50. The van der Waals surface area contributed by atoms with E-state index in [4.69, 9.17) is 22.1 Å². The number of fused-ring (bicyclic) bond motifs is 1. The van der Waals surface area contributed by atoms with Crippen LogP contribution >= 0.6 is 11.6 Å². The molecule has 0 radical (unpaired) electrons. The van der Waals surface area contributed by atoms with Crippen LogP contribution in [-0.4, -0.2) is 49.8 Å². The van der Waals surface area contributed by atoms with Gasteiger partial charge in [-0.1, -0.05) is 0 Å². The smallest absolute Gasteiger partial charge is 0.251 e. The van der Waals surface area contributed by atoms with Crippen molar-refractivity contribution >= 4 is 34.5 Å². The molecule has 4 N–H and O–H groups in total. The average molecular weight is 313 g/mol. The number of anilines is 1. The van der Waals surface area contributed by atoms with Crippen molar-refractivity contribution in [3.05, 3.63) is 11.6 Å². The molecule has 3 atom stereocenters. The Balaban J connectivity index is 1.97. The molecule has 3 heterocycles. The molecule has 3 rings (SSSR count). The second-order valence-corrected chi connectivity index (χ2v) is 4.97. The monoisotopic (exact) mass is 312 g/mol. The van der Waals surface area contributed by atoms with E-state index >= 15 is 0 Å². The molecule has 0 spiro atoms. The summed E-state index contributed by atoms with van der Waals surface area (Å²) in [4.78, 5) is 23.6. The number of aliphatic hydroxyl groups excluding tert-OH is 1. The van der Waals surface area contributed by atoms with Crippen LogP contribution in [0, 0.1) is 0 Å². The molecule has 0 aliphatic carbocycles. The van der Waals surface area contributed by atoms with Crippen LogP contribution in [0.25, 0.3) is 11.2 Å². The molecule has 9 nitrogen and oxygen atoms in total. The van der Waals surface area contributed by atoms with Gasteiger partial charge in [-0.25, -0.2) is 4.98 Å². The van der Waals surface area contributed by atoms with E-state index in [1.807, 2.05) is 0 Å². The molecular weight excluding hydrogens is 300 g/mol. The number of nitrogens with two attached hydrogens (primary N) is 1. The largest absolute Gasteiger partial charge is 0.390 e. The van der Waals surface area contributed by atoms with Crippen LogP contribution in [0.1, 0.15) is 12.6 Å². The van der Waals surface area contributed by atoms with Crippen molar-refractivity contribution in [1.82, 2.24) is 24.8 Å². The Hall–Kier alpha value is -1.97. The molecule has 10 heteroatoms. The lowest BCUT2D eigenvalue weighted by Gasteiger charge is -2.14. The maximum atomic E-state index is 11.6. The highest BCUT2D eigenvalue weighted by Gasteiger charge is 2.39. The standard InChI is InChI=1S/C11H13ClN6O3/c1-14-10(20)7-4(19)2-5(21-7)18-3-15-6-8(13)16-11(12)17-9(6)18/h3-5,7,19H,2H2,1H3,(H,14,20)(H2,13,16,17)/t4-,5-,7-/m0/s1. The molecule has 1 aliphatic rings. The summed E-state index contributed by atoms with van der Waals surface area (Å²) in [5.41, 5.74) is 6.51. The van der Waals surface area contributed by atoms with E-state index in [-0.39, 0.29) is 23.4 Å². The van der Waals surface area contributed by atoms with Gasteiger partial charge in [0.05, 0.1) is 12.4 Å². The van der Waals surface area contributed by atoms with E-state index in [0.717, 1.165) is 0 Å². The first-order valence-electron chi connectivity index (χ1n) is 6.22. The topological polar surface area (TPSA) is 128 Å². The molecule has 0 bridgehead atoms. The Kier molecular flexibility index (Phi) is 3.40. The fraction of sp³-hybridized carbons (Fsp3) is 0.455. The molecule has 112 valence electrons. The van der Waals surface area contributed by atoms with Crippen LogP contribution < -0.4 is 11.1 Å². The minimum absolute atomic E-state index is 0.0110. The van der Waals surface area contributed by atoms with Crippen molar-refractivity contribution < 1.29 is 14.6 Å². The van der Waals surface area contributed by atoms with Gasteiger partial charge in [-0.3, -0.25) is 9.36 Å². The number of nitrogens with one attached hydrogen (secondary N) is 1. The number of nitrogens with zero attached hydrogens (tertiary/aromatic N) is 4. The normalized spacial score (nSPS) is 25.4. The van der Waals surface area contributed by atoms with Crippen molar-refractivity contribution in [1.29, 1.82) is 0 Å². The number of carbonyl (C=O) groups excluding carboxylic acids is 1. The summed E-state index contributed by atoms with van der Waals surface area (Å²) in [7, 11) is 1.48. The number of ether oxygens (including phenoxy) is 1. The van der Waals surface area contributed by atoms with Gasteiger partial charge >= 0.3 is 0 Å². The van der Waals surface area contributed by atoms with Crippen LogP contribution in [0.3, 0.4) is 0 Å². The van der Waals surface area contributed by atoms with E-state index in [1.54, 1.807) is 4.57 Å². The van der Waals surface area contributed by atoms with Gasteiger partial charge in [-0.05, 0) is 11.6 Å². The summed E-state index contributed by atoms with van der Waals surface area (Å²) in [5, 5.41) is 12.4. The Morgan fingerprint density at radius 3 is 3.10 bits per heavy atom. The number of amides is 1. The third kappa shape index (κ3) is 2.28. The number of nitrogen functional groups attached to an aromatic ring is 1. The van der Waals surface area contributed by atoms with Gasteiger partial charge in [-0.2, -0.15) is 9.97 Å². The maximum absolute atomic E-state index is 11.6. The SMILES string of the molecule is CNC(=O)[C@H]1O[C@H](n2cnc3c(N)nc(Cl)nc32)C[C@@H]1O. The first kappa shape index (κ1) is 14.0. The molecule has 21 heavy (non-hydrogen) atoms. The lowest BCUT2D eigenvalue weighted by molar-refractivity contribution is -0.137. The fourth-order valence-electron chi connectivity index (χ4n) is 2.33. The van der Waals surface area contributed by atoms with Crippen molar-refractivity contribution in [2.75, 3.05) is 12.8 Å². The molecule has 1 saturated heterocycles. The summed E-state index contributed by atoms with van der Waals surface area (Å²) >= 11 is 5.79. The Bertz CT molecular complexity index is 705. The van der Waals surface area contributed by atoms with Gasteiger partial charge in [0, 0.05) is 13.5 Å². The number of likely N-dealkylation sites (N-methyl/N-ethyl adjacent to an activating group) is 1. The summed E-state index contributed by atoms with van der Waals surface area (Å²) in [5.74, 6) is -0.230. The molecule has 0 unspecified atom stereocenters. The number of imidazole rings is 1. The maximum Gasteiger partial charge on any atom is 0.251 e. The van der Waals surface area contributed by atoms with Gasteiger partial charge in [0.1, 0.15) is 11.7 Å². The van der Waals surface area contributed by atoms with Gasteiger partial charge in [-0.15, -0.1) is 0 Å². The number of carbonyl (C=O) groups is 1. The summed E-state index contributed by atoms with van der Waals surface area (Å²) in [6.45, 7) is 0. The summed E-state index contributed by atoms with van der Waals surface area (Å²) < 4.78 is 7.15. The number of rotatable bonds is 2. The molecule has 2 aromatic heterocycles. The van der Waals surface area contributed by atoms with E-state index in [9.17, 15) is 9.90 Å². The van der Waals surface area contributed by atoms with Gasteiger partial charge in [0.2, 0.25) is 5.28 Å². The van der Waals surface area contributed by atoms with Crippen LogP contribution in [0.5, 0.6) is 0 Å². The zero-order valence-corrected chi connectivity index (χ0v) is 11.8. The summed E-state index contributed by atoms with van der Waals surface area (Å²) in [6, 6.07) is 0. The predicted octanol–water partition coefficient (Wildman–Crippen LogP) is -0.544.